The molecule has 10 nitrogen and oxygen atoms in total. The van der Waals surface area contributed by atoms with Gasteiger partial charge in [-0.2, -0.15) is 10.2 Å². The van der Waals surface area contributed by atoms with Gasteiger partial charge >= 0.3 is 5.63 Å². The Balaban J connectivity index is 1.84. The van der Waals surface area contributed by atoms with E-state index in [1.54, 1.807) is 34.9 Å². The van der Waals surface area contributed by atoms with E-state index in [4.69, 9.17) is 9.56 Å². The lowest BCUT2D eigenvalue weighted by molar-refractivity contribution is 0.432. The number of primary sulfonamides is 1. The molecule has 4 rings (SSSR count). The minimum absolute atomic E-state index is 0.000740. The van der Waals surface area contributed by atoms with Gasteiger partial charge in [0.1, 0.15) is 17.1 Å². The summed E-state index contributed by atoms with van der Waals surface area (Å²) in [6, 6.07) is 6.99. The molecule has 3 aromatic rings. The SMILES string of the molecule is Cc1cc(O)c(C2=NN(c3ccc(S(N)(=O)=O)cc3)[C@H](c3cnn(C)c3C)C2)c(=O)o1. The first kappa shape index (κ1) is 20.8. The van der Waals surface area contributed by atoms with Gasteiger partial charge < -0.3 is 9.52 Å². The van der Waals surface area contributed by atoms with Gasteiger partial charge in [-0.1, -0.05) is 0 Å². The summed E-state index contributed by atoms with van der Waals surface area (Å²) in [5.74, 6) is 0.0838. The van der Waals surface area contributed by atoms with E-state index in [1.165, 1.54) is 18.2 Å². The summed E-state index contributed by atoms with van der Waals surface area (Å²) < 4.78 is 30.1. The van der Waals surface area contributed by atoms with Crippen molar-refractivity contribution in [3.63, 3.8) is 0 Å². The largest absolute Gasteiger partial charge is 0.507 e. The summed E-state index contributed by atoms with van der Waals surface area (Å²) in [4.78, 5) is 12.4. The molecule has 0 saturated carbocycles. The Morgan fingerprint density at radius 3 is 2.45 bits per heavy atom. The highest BCUT2D eigenvalue weighted by atomic mass is 32.2. The van der Waals surface area contributed by atoms with Crippen LogP contribution in [0.1, 0.15) is 35.0 Å². The molecular weight excluding hydrogens is 422 g/mol. The van der Waals surface area contributed by atoms with Crippen LogP contribution in [0.15, 0.2) is 55.7 Å². The highest BCUT2D eigenvalue weighted by molar-refractivity contribution is 7.89. The number of anilines is 1. The van der Waals surface area contributed by atoms with Crippen LogP contribution in [0.25, 0.3) is 0 Å². The summed E-state index contributed by atoms with van der Waals surface area (Å²) >= 11 is 0. The minimum Gasteiger partial charge on any atom is -0.507 e. The van der Waals surface area contributed by atoms with E-state index in [0.717, 1.165) is 11.3 Å². The lowest BCUT2D eigenvalue weighted by atomic mass is 9.99. The van der Waals surface area contributed by atoms with Crippen molar-refractivity contribution >= 4 is 21.4 Å². The fourth-order valence-electron chi connectivity index (χ4n) is 3.63. The predicted octanol–water partition coefficient (Wildman–Crippen LogP) is 1.70. The van der Waals surface area contributed by atoms with Crippen LogP contribution in [0.2, 0.25) is 0 Å². The lowest BCUT2D eigenvalue weighted by Crippen LogP contribution is -2.19. The number of aromatic nitrogens is 2. The van der Waals surface area contributed by atoms with E-state index in [9.17, 15) is 18.3 Å². The standard InChI is InChI=1S/C20H21N5O5S/c1-11-8-18(26)19(20(27)30-11)16-9-17(15-10-22-24(3)12(15)2)25(23-16)13-4-6-14(7-5-13)31(21,28)29/h4-8,10,17,26H,9H2,1-3H3,(H2,21,28,29)/t17-/m0/s1. The molecule has 162 valence electrons. The van der Waals surface area contributed by atoms with Gasteiger partial charge in [0.15, 0.2) is 0 Å². The molecule has 0 aliphatic carbocycles. The molecule has 0 saturated heterocycles. The lowest BCUT2D eigenvalue weighted by Gasteiger charge is -2.23. The first-order chi connectivity index (χ1) is 14.6. The molecule has 0 unspecified atom stereocenters. The highest BCUT2D eigenvalue weighted by Crippen LogP contribution is 2.38. The molecule has 0 amide bonds. The molecular formula is C20H21N5O5S. The molecule has 0 spiro atoms. The Bertz CT molecular complexity index is 1360. The Hall–Kier alpha value is -3.44. The van der Waals surface area contributed by atoms with Crippen molar-refractivity contribution in [2.45, 2.75) is 31.2 Å². The number of hydrogen-bond donors (Lipinski definition) is 2. The molecule has 2 aromatic heterocycles. The van der Waals surface area contributed by atoms with Crippen LogP contribution in [0.4, 0.5) is 5.69 Å². The number of sulfonamides is 1. The zero-order chi connectivity index (χ0) is 22.5. The van der Waals surface area contributed by atoms with Crippen molar-refractivity contribution < 1.29 is 17.9 Å². The Labute approximate surface area is 178 Å². The van der Waals surface area contributed by atoms with Crippen molar-refractivity contribution in [2.24, 2.45) is 17.3 Å². The molecule has 1 aliphatic heterocycles. The van der Waals surface area contributed by atoms with Gasteiger partial charge in [0.2, 0.25) is 10.0 Å². The number of hydrazone groups is 1. The molecule has 3 N–H and O–H groups in total. The van der Waals surface area contributed by atoms with Gasteiger partial charge in [-0.25, -0.2) is 18.4 Å². The van der Waals surface area contributed by atoms with E-state index in [2.05, 4.69) is 10.2 Å². The van der Waals surface area contributed by atoms with Gasteiger partial charge in [-0.15, -0.1) is 0 Å². The fourth-order valence-corrected chi connectivity index (χ4v) is 4.15. The fraction of sp³-hybridized carbons (Fsp3) is 0.250. The van der Waals surface area contributed by atoms with Crippen LogP contribution in [0.3, 0.4) is 0 Å². The third-order valence-electron chi connectivity index (χ3n) is 5.31. The molecule has 1 atom stereocenters. The van der Waals surface area contributed by atoms with Crippen molar-refractivity contribution in [1.82, 2.24) is 9.78 Å². The molecule has 0 radical (unpaired) electrons. The van der Waals surface area contributed by atoms with Crippen LogP contribution in [-0.2, 0) is 17.1 Å². The number of aromatic hydroxyl groups is 1. The second kappa shape index (κ2) is 7.36. The van der Waals surface area contributed by atoms with Gasteiger partial charge in [-0.05, 0) is 38.1 Å². The van der Waals surface area contributed by atoms with Crippen molar-refractivity contribution in [1.29, 1.82) is 0 Å². The van der Waals surface area contributed by atoms with Crippen LogP contribution < -0.4 is 15.8 Å². The zero-order valence-electron chi connectivity index (χ0n) is 17.1. The second-order valence-corrected chi connectivity index (χ2v) is 8.93. The number of hydrogen-bond acceptors (Lipinski definition) is 8. The van der Waals surface area contributed by atoms with Crippen LogP contribution in [0, 0.1) is 13.8 Å². The third kappa shape index (κ3) is 3.73. The monoisotopic (exact) mass is 443 g/mol. The van der Waals surface area contributed by atoms with Crippen LogP contribution >= 0.6 is 0 Å². The van der Waals surface area contributed by atoms with Gasteiger partial charge in [-0.3, -0.25) is 9.69 Å². The van der Waals surface area contributed by atoms with Crippen LogP contribution in [0.5, 0.6) is 5.75 Å². The van der Waals surface area contributed by atoms with Crippen molar-refractivity contribution in [3.8, 4) is 5.75 Å². The maximum Gasteiger partial charge on any atom is 0.348 e. The van der Waals surface area contributed by atoms with E-state index in [1.807, 2.05) is 14.0 Å². The smallest absolute Gasteiger partial charge is 0.348 e. The molecule has 1 aromatic carbocycles. The molecule has 31 heavy (non-hydrogen) atoms. The topological polar surface area (TPSA) is 144 Å². The quantitative estimate of drug-likeness (QED) is 0.624. The first-order valence-electron chi connectivity index (χ1n) is 9.38. The highest BCUT2D eigenvalue weighted by Gasteiger charge is 2.34. The Morgan fingerprint density at radius 2 is 1.90 bits per heavy atom. The maximum atomic E-state index is 12.4. The number of nitrogens with two attached hydrogens (primary N) is 1. The molecule has 3 heterocycles. The van der Waals surface area contributed by atoms with Crippen molar-refractivity contribution in [3.05, 3.63) is 69.5 Å². The summed E-state index contributed by atoms with van der Waals surface area (Å²) in [6.45, 7) is 3.49. The third-order valence-corrected chi connectivity index (χ3v) is 6.24. The van der Waals surface area contributed by atoms with E-state index in [-0.39, 0.29) is 22.3 Å². The maximum absolute atomic E-state index is 12.4. The van der Waals surface area contributed by atoms with E-state index < -0.39 is 15.6 Å². The molecule has 11 heteroatoms. The first-order valence-corrected chi connectivity index (χ1v) is 10.9. The van der Waals surface area contributed by atoms with Crippen LogP contribution in [-0.4, -0.2) is 29.0 Å². The predicted molar refractivity (Wildman–Crippen MR) is 114 cm³/mol. The minimum atomic E-state index is -3.84. The zero-order valence-corrected chi connectivity index (χ0v) is 17.9. The molecule has 0 bridgehead atoms. The average Bonchev–Trinajstić information content (AvgIpc) is 3.24. The molecule has 0 fully saturated rings. The van der Waals surface area contributed by atoms with Crippen molar-refractivity contribution in [2.75, 3.05) is 5.01 Å². The van der Waals surface area contributed by atoms with E-state index in [0.29, 0.717) is 23.6 Å². The Kier molecular flexibility index (Phi) is 4.94. The van der Waals surface area contributed by atoms with Gasteiger partial charge in [0, 0.05) is 30.8 Å². The summed E-state index contributed by atoms with van der Waals surface area (Å²) in [5.41, 5.74) is 2.06. The molecule has 1 aliphatic rings. The normalized spacial score (nSPS) is 16.6. The van der Waals surface area contributed by atoms with Gasteiger partial charge in [0.25, 0.3) is 0 Å². The summed E-state index contributed by atoms with van der Waals surface area (Å²) in [7, 11) is -2.02. The van der Waals surface area contributed by atoms with E-state index >= 15 is 0 Å². The number of rotatable bonds is 4. The average molecular weight is 443 g/mol. The summed E-state index contributed by atoms with van der Waals surface area (Å²) in [5, 5.41) is 26.1. The number of benzene rings is 1. The number of aryl methyl sites for hydroxylation is 2. The van der Waals surface area contributed by atoms with Gasteiger partial charge in [0.05, 0.1) is 28.5 Å². The number of nitrogens with zero attached hydrogens (tertiary/aromatic N) is 4. The second-order valence-electron chi connectivity index (χ2n) is 7.36. The summed E-state index contributed by atoms with van der Waals surface area (Å²) in [6.07, 6.45) is 2.03. The Morgan fingerprint density at radius 1 is 1.23 bits per heavy atom.